The van der Waals surface area contributed by atoms with Crippen molar-refractivity contribution in [2.45, 2.75) is 57.3 Å². The van der Waals surface area contributed by atoms with Crippen LogP contribution in [0.3, 0.4) is 0 Å². The molecule has 2 aliphatic heterocycles. The Hall–Kier alpha value is -4.58. The molecule has 0 spiro atoms. The van der Waals surface area contributed by atoms with Crippen LogP contribution < -0.4 is 16.4 Å². The average molecular weight is 679 g/mol. The van der Waals surface area contributed by atoms with E-state index in [0.29, 0.717) is 24.3 Å². The number of para-hydroxylation sites is 2. The van der Waals surface area contributed by atoms with Gasteiger partial charge in [-0.05, 0) is 58.5 Å². The molecule has 0 bridgehead atoms. The normalized spacial score (nSPS) is 19.5. The summed E-state index contributed by atoms with van der Waals surface area (Å²) in [7, 11) is 0. The molecule has 10 nitrogen and oxygen atoms in total. The lowest BCUT2D eigenvalue weighted by molar-refractivity contribution is -0.253. The van der Waals surface area contributed by atoms with E-state index in [4.69, 9.17) is 19.9 Å². The summed E-state index contributed by atoms with van der Waals surface area (Å²) in [5.74, 6) is -0.280. The van der Waals surface area contributed by atoms with Crippen LogP contribution in [0.5, 0.6) is 0 Å². The van der Waals surface area contributed by atoms with Crippen LogP contribution in [0.25, 0.3) is 11.1 Å². The molecule has 0 aromatic heterocycles. The molecular weight excluding hydrogens is 632 g/mol. The Bertz CT molecular complexity index is 1730. The van der Waals surface area contributed by atoms with Gasteiger partial charge in [-0.2, -0.15) is 0 Å². The SMILES string of the molecule is Nc1ccccc1NC(=O)CCCC(=O)NCc1cccc(-c2cccc([C@@H]3O[C@H](CN4CCOCC4)C[C@H](c4ccc(CO)cc4)O3)c2)c1. The minimum absolute atomic E-state index is 0.00374. The first-order valence-electron chi connectivity index (χ1n) is 17.3. The molecule has 50 heavy (non-hydrogen) atoms. The van der Waals surface area contributed by atoms with Gasteiger partial charge < -0.3 is 35.7 Å². The molecule has 2 heterocycles. The maximum atomic E-state index is 12.6. The zero-order valence-corrected chi connectivity index (χ0v) is 28.3. The third kappa shape index (κ3) is 9.77. The molecule has 6 rings (SSSR count). The van der Waals surface area contributed by atoms with Gasteiger partial charge in [0.15, 0.2) is 6.29 Å². The lowest BCUT2D eigenvalue weighted by Crippen LogP contribution is -2.44. The Balaban J connectivity index is 1.07. The zero-order valence-electron chi connectivity index (χ0n) is 28.3. The Kier molecular flexibility index (Phi) is 12.3. The van der Waals surface area contributed by atoms with Gasteiger partial charge in [-0.25, -0.2) is 0 Å². The van der Waals surface area contributed by atoms with Gasteiger partial charge in [0.05, 0.1) is 43.4 Å². The molecule has 0 aliphatic carbocycles. The highest BCUT2D eigenvalue weighted by Gasteiger charge is 2.33. The molecule has 4 aromatic rings. The monoisotopic (exact) mass is 678 g/mol. The van der Waals surface area contributed by atoms with E-state index >= 15 is 0 Å². The van der Waals surface area contributed by atoms with Gasteiger partial charge >= 0.3 is 0 Å². The molecule has 2 aliphatic rings. The van der Waals surface area contributed by atoms with Crippen molar-refractivity contribution in [3.8, 4) is 11.1 Å². The third-order valence-electron chi connectivity index (χ3n) is 9.13. The van der Waals surface area contributed by atoms with Crippen LogP contribution in [-0.4, -0.2) is 60.8 Å². The lowest BCUT2D eigenvalue weighted by atomic mass is 9.98. The van der Waals surface area contributed by atoms with E-state index < -0.39 is 6.29 Å². The summed E-state index contributed by atoms with van der Waals surface area (Å²) in [6.07, 6.45) is 0.918. The molecule has 2 fully saturated rings. The number of aliphatic hydroxyl groups is 1. The number of hydrogen-bond acceptors (Lipinski definition) is 8. The Morgan fingerprint density at radius 3 is 2.32 bits per heavy atom. The average Bonchev–Trinajstić information content (AvgIpc) is 3.15. The quantitative estimate of drug-likeness (QED) is 0.132. The minimum Gasteiger partial charge on any atom is -0.397 e. The maximum absolute atomic E-state index is 12.6. The maximum Gasteiger partial charge on any atom is 0.224 e. The lowest BCUT2D eigenvalue weighted by Gasteiger charge is -2.39. The third-order valence-corrected chi connectivity index (χ3v) is 9.13. The number of aliphatic hydroxyl groups excluding tert-OH is 1. The highest BCUT2D eigenvalue weighted by atomic mass is 16.7. The number of benzene rings is 4. The van der Waals surface area contributed by atoms with E-state index in [2.05, 4.69) is 39.8 Å². The standard InChI is InChI=1S/C40H46N4O6/c41-35-10-1-2-11-36(35)43-39(47)13-5-12-38(46)42-25-29-6-3-7-31(22-29)32-8-4-9-33(23-32)40-49-34(26-44-18-20-48-21-19-44)24-37(50-40)30-16-14-28(27-45)15-17-30/h1-4,6-11,14-17,22-23,34,37,40,45H,5,12-13,18-21,24-27,41H2,(H,42,46)(H,43,47)/t34-,37+,40+/m0/s1. The fraction of sp³-hybridized carbons (Fsp3) is 0.350. The molecule has 5 N–H and O–H groups in total. The number of ether oxygens (including phenoxy) is 3. The second kappa shape index (κ2) is 17.4. The van der Waals surface area contributed by atoms with E-state index in [0.717, 1.165) is 72.6 Å². The highest BCUT2D eigenvalue weighted by Crippen LogP contribution is 2.39. The van der Waals surface area contributed by atoms with E-state index in [1.165, 1.54) is 0 Å². The van der Waals surface area contributed by atoms with Crippen molar-refractivity contribution < 1.29 is 28.9 Å². The topological polar surface area (TPSA) is 135 Å². The number of carbonyl (C=O) groups excluding carboxylic acids is 2. The summed E-state index contributed by atoms with van der Waals surface area (Å²) < 4.78 is 18.8. The van der Waals surface area contributed by atoms with Crippen LogP contribution in [0.4, 0.5) is 11.4 Å². The van der Waals surface area contributed by atoms with Crippen LogP contribution >= 0.6 is 0 Å². The van der Waals surface area contributed by atoms with Crippen molar-refractivity contribution in [2.24, 2.45) is 0 Å². The number of hydrogen-bond donors (Lipinski definition) is 4. The molecule has 0 unspecified atom stereocenters. The highest BCUT2D eigenvalue weighted by molar-refractivity contribution is 5.94. The fourth-order valence-corrected chi connectivity index (χ4v) is 6.35. The van der Waals surface area contributed by atoms with Gasteiger partial charge in [0.25, 0.3) is 0 Å². The summed E-state index contributed by atoms with van der Waals surface area (Å²) in [6.45, 7) is 4.42. The number of amides is 2. The number of nitrogens with one attached hydrogen (secondary N) is 2. The summed E-state index contributed by atoms with van der Waals surface area (Å²) >= 11 is 0. The zero-order chi connectivity index (χ0) is 34.7. The van der Waals surface area contributed by atoms with Gasteiger partial charge in [-0.3, -0.25) is 14.5 Å². The van der Waals surface area contributed by atoms with Crippen molar-refractivity contribution in [3.63, 3.8) is 0 Å². The van der Waals surface area contributed by atoms with Crippen molar-refractivity contribution >= 4 is 23.2 Å². The smallest absolute Gasteiger partial charge is 0.224 e. The number of anilines is 2. The second-order valence-electron chi connectivity index (χ2n) is 12.9. The fourth-order valence-electron chi connectivity index (χ4n) is 6.35. The summed E-state index contributed by atoms with van der Waals surface area (Å²) in [5, 5.41) is 15.3. The van der Waals surface area contributed by atoms with Crippen LogP contribution in [0.2, 0.25) is 0 Å². The molecule has 262 valence electrons. The van der Waals surface area contributed by atoms with E-state index in [-0.39, 0.29) is 43.5 Å². The first-order valence-corrected chi connectivity index (χ1v) is 17.3. The van der Waals surface area contributed by atoms with E-state index in [1.54, 1.807) is 12.1 Å². The van der Waals surface area contributed by atoms with Gasteiger partial charge in [-0.15, -0.1) is 0 Å². The minimum atomic E-state index is -0.549. The van der Waals surface area contributed by atoms with E-state index in [1.807, 2.05) is 60.7 Å². The molecule has 4 aromatic carbocycles. The number of carbonyl (C=O) groups is 2. The largest absolute Gasteiger partial charge is 0.397 e. The predicted molar refractivity (Wildman–Crippen MR) is 193 cm³/mol. The van der Waals surface area contributed by atoms with Crippen molar-refractivity contribution in [1.29, 1.82) is 0 Å². The van der Waals surface area contributed by atoms with Crippen molar-refractivity contribution in [1.82, 2.24) is 10.2 Å². The van der Waals surface area contributed by atoms with Crippen LogP contribution in [0, 0.1) is 0 Å². The molecular formula is C40H46N4O6. The van der Waals surface area contributed by atoms with Gasteiger partial charge in [0.2, 0.25) is 11.8 Å². The van der Waals surface area contributed by atoms with E-state index in [9.17, 15) is 14.7 Å². The Morgan fingerprint density at radius 2 is 1.54 bits per heavy atom. The first-order chi connectivity index (χ1) is 24.4. The molecule has 10 heteroatoms. The van der Waals surface area contributed by atoms with Crippen LogP contribution in [-0.2, 0) is 37.0 Å². The molecule has 2 saturated heterocycles. The molecule has 2 amide bonds. The number of nitrogens with two attached hydrogens (primary N) is 1. The number of rotatable bonds is 13. The molecule has 0 radical (unpaired) electrons. The summed E-state index contributed by atoms with van der Waals surface area (Å²) in [5.41, 5.74) is 12.9. The van der Waals surface area contributed by atoms with Gasteiger partial charge in [0.1, 0.15) is 0 Å². The Labute approximate surface area is 293 Å². The predicted octanol–water partition coefficient (Wildman–Crippen LogP) is 5.73. The second-order valence-corrected chi connectivity index (χ2v) is 12.9. The molecule has 0 saturated carbocycles. The van der Waals surface area contributed by atoms with Crippen molar-refractivity contribution in [3.05, 3.63) is 119 Å². The number of morpholine rings is 1. The number of nitrogens with zero attached hydrogens (tertiary/aromatic N) is 1. The first kappa shape index (κ1) is 35.3. The van der Waals surface area contributed by atoms with Crippen LogP contribution in [0.15, 0.2) is 97.1 Å². The van der Waals surface area contributed by atoms with Gasteiger partial charge in [0, 0.05) is 51.0 Å². The summed E-state index contributed by atoms with van der Waals surface area (Å²) in [6, 6.07) is 31.4. The summed E-state index contributed by atoms with van der Waals surface area (Å²) in [4.78, 5) is 27.3. The van der Waals surface area contributed by atoms with Gasteiger partial charge in [-0.1, -0.05) is 72.8 Å². The van der Waals surface area contributed by atoms with Crippen molar-refractivity contribution in [2.75, 3.05) is 43.9 Å². The molecule has 3 atom stereocenters. The number of nitrogen functional groups attached to an aromatic ring is 1. The van der Waals surface area contributed by atoms with Crippen LogP contribution in [0.1, 0.15) is 60.3 Å². The Morgan fingerprint density at radius 1 is 0.800 bits per heavy atom.